The first kappa shape index (κ1) is 12.8. The van der Waals surface area contributed by atoms with E-state index in [0.29, 0.717) is 25.2 Å². The third kappa shape index (κ3) is 4.28. The van der Waals surface area contributed by atoms with Gasteiger partial charge in [-0.15, -0.1) is 0 Å². The van der Waals surface area contributed by atoms with Crippen molar-refractivity contribution in [2.75, 3.05) is 13.2 Å². The highest BCUT2D eigenvalue weighted by molar-refractivity contribution is 5.74. The molecule has 0 aliphatic heterocycles. The summed E-state index contributed by atoms with van der Waals surface area (Å²) in [5.41, 5.74) is 0. The summed E-state index contributed by atoms with van der Waals surface area (Å²) in [6.07, 6.45) is 8.74. The Bertz CT molecular complexity index is 247. The molecule has 0 aromatic carbocycles. The number of carboxylic acid groups (broad SMARTS) is 1. The molecule has 98 valence electrons. The van der Waals surface area contributed by atoms with Crippen LogP contribution >= 0.6 is 0 Å². The predicted octanol–water partition coefficient (Wildman–Crippen LogP) is 1.79. The molecule has 0 radical (unpaired) electrons. The molecule has 4 heteroatoms. The molecule has 0 aromatic rings. The number of rotatable bonds is 7. The van der Waals surface area contributed by atoms with Crippen LogP contribution in [0.3, 0.4) is 0 Å². The van der Waals surface area contributed by atoms with Crippen LogP contribution < -0.4 is 5.32 Å². The smallest absolute Gasteiger partial charge is 0.320 e. The molecule has 0 spiro atoms. The van der Waals surface area contributed by atoms with Crippen molar-refractivity contribution in [1.82, 2.24) is 5.32 Å². The SMILES string of the molecule is O=C(O)C(NCCOC1CCCCC1)C1CC1. The van der Waals surface area contributed by atoms with Crippen LogP contribution in [0.4, 0.5) is 0 Å². The second kappa shape index (κ2) is 6.36. The normalized spacial score (nSPS) is 23.5. The van der Waals surface area contributed by atoms with Crippen molar-refractivity contribution in [2.45, 2.75) is 57.1 Å². The Morgan fingerprint density at radius 2 is 1.94 bits per heavy atom. The highest BCUT2D eigenvalue weighted by atomic mass is 16.5. The zero-order valence-corrected chi connectivity index (χ0v) is 10.4. The average molecular weight is 241 g/mol. The number of hydrogen-bond acceptors (Lipinski definition) is 3. The minimum absolute atomic E-state index is 0.349. The van der Waals surface area contributed by atoms with Crippen LogP contribution in [-0.2, 0) is 9.53 Å². The molecule has 0 aromatic heterocycles. The first-order valence-corrected chi connectivity index (χ1v) is 6.85. The molecule has 1 unspecified atom stereocenters. The lowest BCUT2D eigenvalue weighted by Crippen LogP contribution is -2.40. The molecule has 2 aliphatic carbocycles. The Morgan fingerprint density at radius 1 is 1.24 bits per heavy atom. The van der Waals surface area contributed by atoms with E-state index < -0.39 is 5.97 Å². The molecule has 0 heterocycles. The van der Waals surface area contributed by atoms with E-state index in [9.17, 15) is 4.79 Å². The van der Waals surface area contributed by atoms with E-state index in [4.69, 9.17) is 9.84 Å². The zero-order valence-electron chi connectivity index (χ0n) is 10.4. The van der Waals surface area contributed by atoms with Gasteiger partial charge in [0.05, 0.1) is 12.7 Å². The average Bonchev–Trinajstić information content (AvgIpc) is 3.14. The van der Waals surface area contributed by atoms with E-state index in [2.05, 4.69) is 5.32 Å². The standard InChI is InChI=1S/C13H23NO3/c15-13(16)12(10-6-7-10)14-8-9-17-11-4-2-1-3-5-11/h10-12,14H,1-9H2,(H,15,16). The molecule has 2 fully saturated rings. The van der Waals surface area contributed by atoms with E-state index in [1.165, 1.54) is 32.1 Å². The summed E-state index contributed by atoms with van der Waals surface area (Å²) in [7, 11) is 0. The summed E-state index contributed by atoms with van der Waals surface area (Å²) >= 11 is 0. The van der Waals surface area contributed by atoms with Crippen molar-refractivity contribution < 1.29 is 14.6 Å². The molecule has 1 atom stereocenters. The highest BCUT2D eigenvalue weighted by Crippen LogP contribution is 2.32. The molecule has 0 saturated heterocycles. The maximum atomic E-state index is 11.0. The van der Waals surface area contributed by atoms with Crippen molar-refractivity contribution in [3.63, 3.8) is 0 Å². The van der Waals surface area contributed by atoms with Gasteiger partial charge < -0.3 is 15.2 Å². The number of nitrogens with one attached hydrogen (secondary N) is 1. The van der Waals surface area contributed by atoms with E-state index in [0.717, 1.165) is 12.8 Å². The molecule has 2 saturated carbocycles. The number of hydrogen-bond donors (Lipinski definition) is 2. The molecule has 0 amide bonds. The Hall–Kier alpha value is -0.610. The largest absolute Gasteiger partial charge is 0.480 e. The van der Waals surface area contributed by atoms with Crippen molar-refractivity contribution in [1.29, 1.82) is 0 Å². The third-order valence-corrected chi connectivity index (χ3v) is 3.73. The molecular weight excluding hydrogens is 218 g/mol. The lowest BCUT2D eigenvalue weighted by Gasteiger charge is -2.22. The summed E-state index contributed by atoms with van der Waals surface area (Å²) in [5.74, 6) is -0.368. The van der Waals surface area contributed by atoms with Crippen LogP contribution in [-0.4, -0.2) is 36.4 Å². The van der Waals surface area contributed by atoms with Gasteiger partial charge in [0.1, 0.15) is 6.04 Å². The lowest BCUT2D eigenvalue weighted by molar-refractivity contribution is -0.140. The summed E-state index contributed by atoms with van der Waals surface area (Å²) in [6, 6.07) is -0.357. The number of carbonyl (C=O) groups is 1. The van der Waals surface area contributed by atoms with Gasteiger partial charge in [0.25, 0.3) is 0 Å². The Balaban J connectivity index is 1.56. The van der Waals surface area contributed by atoms with Crippen LogP contribution in [0.25, 0.3) is 0 Å². The van der Waals surface area contributed by atoms with Gasteiger partial charge in [-0.3, -0.25) is 4.79 Å². The first-order valence-electron chi connectivity index (χ1n) is 6.85. The van der Waals surface area contributed by atoms with Gasteiger partial charge in [-0.1, -0.05) is 19.3 Å². The van der Waals surface area contributed by atoms with E-state index in [1.54, 1.807) is 0 Å². The van der Waals surface area contributed by atoms with Crippen LogP contribution in [0.2, 0.25) is 0 Å². The maximum absolute atomic E-state index is 11.0. The Morgan fingerprint density at radius 3 is 2.53 bits per heavy atom. The van der Waals surface area contributed by atoms with E-state index in [-0.39, 0.29) is 6.04 Å². The van der Waals surface area contributed by atoms with Gasteiger partial charge >= 0.3 is 5.97 Å². The van der Waals surface area contributed by atoms with Crippen LogP contribution in [0.5, 0.6) is 0 Å². The quantitative estimate of drug-likeness (QED) is 0.667. The maximum Gasteiger partial charge on any atom is 0.320 e. The molecular formula is C13H23NO3. The molecule has 2 rings (SSSR count). The van der Waals surface area contributed by atoms with Gasteiger partial charge in [-0.2, -0.15) is 0 Å². The highest BCUT2D eigenvalue weighted by Gasteiger charge is 2.35. The molecule has 4 nitrogen and oxygen atoms in total. The van der Waals surface area contributed by atoms with Crippen LogP contribution in [0.1, 0.15) is 44.9 Å². The summed E-state index contributed by atoms with van der Waals surface area (Å²) in [4.78, 5) is 11.0. The van der Waals surface area contributed by atoms with E-state index >= 15 is 0 Å². The van der Waals surface area contributed by atoms with Crippen LogP contribution in [0.15, 0.2) is 0 Å². The molecule has 2 N–H and O–H groups in total. The van der Waals surface area contributed by atoms with Crippen molar-refractivity contribution in [3.05, 3.63) is 0 Å². The summed E-state index contributed by atoms with van der Waals surface area (Å²) in [6.45, 7) is 1.30. The lowest BCUT2D eigenvalue weighted by atomic mass is 9.98. The summed E-state index contributed by atoms with van der Waals surface area (Å²) < 4.78 is 5.76. The van der Waals surface area contributed by atoms with E-state index in [1.807, 2.05) is 0 Å². The minimum Gasteiger partial charge on any atom is -0.480 e. The Kier molecular flexibility index (Phi) is 4.80. The zero-order chi connectivity index (χ0) is 12.1. The monoisotopic (exact) mass is 241 g/mol. The molecule has 17 heavy (non-hydrogen) atoms. The van der Waals surface area contributed by atoms with Gasteiger partial charge in [0, 0.05) is 6.54 Å². The fourth-order valence-electron chi connectivity index (χ4n) is 2.56. The molecule has 0 bridgehead atoms. The first-order chi connectivity index (χ1) is 8.27. The van der Waals surface area contributed by atoms with Crippen molar-refractivity contribution >= 4 is 5.97 Å². The van der Waals surface area contributed by atoms with Gasteiger partial charge in [0.2, 0.25) is 0 Å². The topological polar surface area (TPSA) is 58.6 Å². The molecule has 2 aliphatic rings. The minimum atomic E-state index is -0.717. The predicted molar refractivity (Wildman–Crippen MR) is 65.0 cm³/mol. The van der Waals surface area contributed by atoms with Gasteiger partial charge in [-0.25, -0.2) is 0 Å². The second-order valence-electron chi connectivity index (χ2n) is 5.24. The van der Waals surface area contributed by atoms with Crippen LogP contribution in [0, 0.1) is 5.92 Å². The van der Waals surface area contributed by atoms with Crippen molar-refractivity contribution in [3.8, 4) is 0 Å². The van der Waals surface area contributed by atoms with Crippen molar-refractivity contribution in [2.24, 2.45) is 5.92 Å². The Labute approximate surface area is 103 Å². The number of aliphatic carboxylic acids is 1. The second-order valence-corrected chi connectivity index (χ2v) is 5.24. The fourth-order valence-corrected chi connectivity index (χ4v) is 2.56. The van der Waals surface area contributed by atoms with Gasteiger partial charge in [-0.05, 0) is 31.6 Å². The number of ether oxygens (including phenoxy) is 1. The number of carboxylic acids is 1. The third-order valence-electron chi connectivity index (χ3n) is 3.73. The fraction of sp³-hybridized carbons (Fsp3) is 0.923. The summed E-state index contributed by atoms with van der Waals surface area (Å²) in [5, 5.41) is 12.1. The van der Waals surface area contributed by atoms with Gasteiger partial charge in [0.15, 0.2) is 0 Å².